The first kappa shape index (κ1) is 21.6. The Morgan fingerprint density at radius 2 is 1.68 bits per heavy atom. The van der Waals surface area contributed by atoms with E-state index in [2.05, 4.69) is 22.2 Å². The van der Waals surface area contributed by atoms with Gasteiger partial charge in [-0.15, -0.1) is 0 Å². The molecule has 1 aromatic carbocycles. The van der Waals surface area contributed by atoms with Crippen molar-refractivity contribution in [2.75, 3.05) is 39.8 Å². The molecular formula is C21H31N3O4. The largest absolute Gasteiger partial charge is 0.493 e. The van der Waals surface area contributed by atoms with Gasteiger partial charge in [-0.2, -0.15) is 0 Å². The normalized spacial score (nSPS) is 10.5. The van der Waals surface area contributed by atoms with Gasteiger partial charge in [0.15, 0.2) is 23.1 Å². The first-order valence-electron chi connectivity index (χ1n) is 9.62. The molecule has 0 saturated heterocycles. The number of ether oxygens (including phenoxy) is 4. The lowest BCUT2D eigenvalue weighted by atomic mass is 10.1. The summed E-state index contributed by atoms with van der Waals surface area (Å²) in [5, 5.41) is 3.33. The van der Waals surface area contributed by atoms with Crippen LogP contribution in [0.25, 0.3) is 0 Å². The summed E-state index contributed by atoms with van der Waals surface area (Å²) in [6, 6.07) is 3.93. The minimum Gasteiger partial charge on any atom is -0.493 e. The van der Waals surface area contributed by atoms with Crippen LogP contribution in [0.4, 0.5) is 5.82 Å². The Morgan fingerprint density at radius 1 is 0.964 bits per heavy atom. The molecule has 7 heteroatoms. The second kappa shape index (κ2) is 11.2. The molecule has 2 rings (SSSR count). The fourth-order valence-electron chi connectivity index (χ4n) is 2.81. The molecule has 0 atom stereocenters. The summed E-state index contributed by atoms with van der Waals surface area (Å²) in [6.45, 7) is 5.47. The van der Waals surface area contributed by atoms with Gasteiger partial charge in [-0.1, -0.05) is 13.3 Å². The quantitative estimate of drug-likeness (QED) is 0.549. The molecule has 0 aliphatic heterocycles. The van der Waals surface area contributed by atoms with Gasteiger partial charge < -0.3 is 24.3 Å². The number of hydrogen-bond acceptors (Lipinski definition) is 7. The molecular weight excluding hydrogens is 358 g/mol. The molecule has 0 unspecified atom stereocenters. The van der Waals surface area contributed by atoms with E-state index in [1.807, 2.05) is 19.1 Å². The van der Waals surface area contributed by atoms with Crippen molar-refractivity contribution in [2.45, 2.75) is 39.5 Å². The average Bonchev–Trinajstić information content (AvgIpc) is 2.71. The summed E-state index contributed by atoms with van der Waals surface area (Å²) < 4.78 is 22.1. The van der Waals surface area contributed by atoms with Crippen molar-refractivity contribution in [3.8, 4) is 23.0 Å². The third kappa shape index (κ3) is 5.90. The van der Waals surface area contributed by atoms with Crippen LogP contribution in [0, 0.1) is 6.92 Å². The predicted octanol–water partition coefficient (Wildman–Crippen LogP) is 4.03. The summed E-state index contributed by atoms with van der Waals surface area (Å²) in [4.78, 5) is 8.70. The minimum absolute atomic E-state index is 0.561. The van der Waals surface area contributed by atoms with Crippen molar-refractivity contribution in [1.29, 1.82) is 0 Å². The standard InChI is InChI=1S/C21H31N3O4/c1-6-7-10-22-21-19(14-23-15(2)24-21)28-11-8-9-16-12-17(25-3)20(27-5)18(13-16)26-4/h12-14H,6-11H2,1-5H3,(H,22,23,24). The lowest BCUT2D eigenvalue weighted by molar-refractivity contribution is 0.308. The Balaban J connectivity index is 1.96. The summed E-state index contributed by atoms with van der Waals surface area (Å²) in [5.74, 6) is 4.09. The van der Waals surface area contributed by atoms with Gasteiger partial charge in [0.25, 0.3) is 0 Å². The molecule has 0 amide bonds. The highest BCUT2D eigenvalue weighted by molar-refractivity contribution is 5.54. The molecule has 0 aliphatic rings. The van der Waals surface area contributed by atoms with Gasteiger partial charge in [0.05, 0.1) is 34.1 Å². The maximum Gasteiger partial charge on any atom is 0.203 e. The Bertz CT molecular complexity index is 727. The first-order valence-corrected chi connectivity index (χ1v) is 9.62. The predicted molar refractivity (Wildman–Crippen MR) is 110 cm³/mol. The number of rotatable bonds is 12. The summed E-state index contributed by atoms with van der Waals surface area (Å²) in [5.41, 5.74) is 1.10. The highest BCUT2D eigenvalue weighted by Gasteiger charge is 2.13. The van der Waals surface area contributed by atoms with Crippen LogP contribution >= 0.6 is 0 Å². The summed E-state index contributed by atoms with van der Waals surface area (Å²) in [7, 11) is 4.84. The molecule has 7 nitrogen and oxygen atoms in total. The number of aromatic nitrogens is 2. The summed E-state index contributed by atoms with van der Waals surface area (Å²) in [6.07, 6.45) is 5.60. The molecule has 28 heavy (non-hydrogen) atoms. The Labute approximate surface area is 167 Å². The third-order valence-corrected chi connectivity index (χ3v) is 4.29. The molecule has 0 aliphatic carbocycles. The molecule has 0 radical (unpaired) electrons. The van der Waals surface area contributed by atoms with Crippen LogP contribution in [0.1, 0.15) is 37.6 Å². The number of aryl methyl sites for hydroxylation is 2. The van der Waals surface area contributed by atoms with Crippen LogP contribution in [0.3, 0.4) is 0 Å². The minimum atomic E-state index is 0.561. The van der Waals surface area contributed by atoms with Crippen LogP contribution in [0.2, 0.25) is 0 Å². The van der Waals surface area contributed by atoms with Crippen molar-refractivity contribution in [3.05, 3.63) is 29.7 Å². The second-order valence-electron chi connectivity index (χ2n) is 6.40. The van der Waals surface area contributed by atoms with Crippen molar-refractivity contribution in [1.82, 2.24) is 9.97 Å². The van der Waals surface area contributed by atoms with Gasteiger partial charge in [0.2, 0.25) is 5.75 Å². The van der Waals surface area contributed by atoms with Crippen molar-refractivity contribution < 1.29 is 18.9 Å². The van der Waals surface area contributed by atoms with Gasteiger partial charge in [0.1, 0.15) is 5.82 Å². The van der Waals surface area contributed by atoms with Crippen LogP contribution in [-0.2, 0) is 6.42 Å². The molecule has 0 bridgehead atoms. The highest BCUT2D eigenvalue weighted by atomic mass is 16.5. The van der Waals surface area contributed by atoms with Crippen LogP contribution in [0.5, 0.6) is 23.0 Å². The molecule has 1 aromatic heterocycles. The zero-order chi connectivity index (χ0) is 20.4. The van der Waals surface area contributed by atoms with Crippen molar-refractivity contribution >= 4 is 5.82 Å². The van der Waals surface area contributed by atoms with Gasteiger partial charge in [-0.3, -0.25) is 0 Å². The van der Waals surface area contributed by atoms with Gasteiger partial charge in [-0.25, -0.2) is 9.97 Å². The number of nitrogens with zero attached hydrogens (tertiary/aromatic N) is 2. The van der Waals surface area contributed by atoms with Gasteiger partial charge in [0, 0.05) is 6.54 Å². The molecule has 1 N–H and O–H groups in total. The molecule has 0 fully saturated rings. The SMILES string of the molecule is CCCCNc1nc(C)ncc1OCCCc1cc(OC)c(OC)c(OC)c1. The number of unbranched alkanes of at least 4 members (excludes halogenated alkanes) is 1. The van der Waals surface area contributed by atoms with E-state index in [-0.39, 0.29) is 0 Å². The Morgan fingerprint density at radius 3 is 2.29 bits per heavy atom. The smallest absolute Gasteiger partial charge is 0.203 e. The lowest BCUT2D eigenvalue weighted by Gasteiger charge is -2.15. The average molecular weight is 389 g/mol. The number of benzene rings is 1. The number of hydrogen-bond donors (Lipinski definition) is 1. The highest BCUT2D eigenvalue weighted by Crippen LogP contribution is 2.38. The summed E-state index contributed by atoms with van der Waals surface area (Å²) >= 11 is 0. The molecule has 0 spiro atoms. The van der Waals surface area contributed by atoms with E-state index in [9.17, 15) is 0 Å². The lowest BCUT2D eigenvalue weighted by Crippen LogP contribution is -2.09. The number of anilines is 1. The monoisotopic (exact) mass is 389 g/mol. The van der Waals surface area contributed by atoms with E-state index < -0.39 is 0 Å². The molecule has 2 aromatic rings. The van der Waals surface area contributed by atoms with Crippen LogP contribution in [-0.4, -0.2) is 44.4 Å². The topological polar surface area (TPSA) is 74.7 Å². The van der Waals surface area contributed by atoms with Crippen molar-refractivity contribution in [3.63, 3.8) is 0 Å². The van der Waals surface area contributed by atoms with E-state index >= 15 is 0 Å². The second-order valence-corrected chi connectivity index (χ2v) is 6.40. The fourth-order valence-corrected chi connectivity index (χ4v) is 2.81. The molecule has 154 valence electrons. The Hall–Kier alpha value is -2.70. The van der Waals surface area contributed by atoms with Gasteiger partial charge in [-0.05, 0) is 43.9 Å². The number of nitrogens with one attached hydrogen (secondary N) is 1. The van der Waals surface area contributed by atoms with E-state index in [1.54, 1.807) is 27.5 Å². The number of methoxy groups -OCH3 is 3. The van der Waals surface area contributed by atoms with Crippen molar-refractivity contribution in [2.24, 2.45) is 0 Å². The molecule has 0 saturated carbocycles. The van der Waals surface area contributed by atoms with E-state index in [0.717, 1.165) is 49.4 Å². The van der Waals surface area contributed by atoms with Crippen LogP contribution in [0.15, 0.2) is 18.3 Å². The van der Waals surface area contributed by atoms with E-state index in [0.29, 0.717) is 29.6 Å². The maximum absolute atomic E-state index is 5.93. The van der Waals surface area contributed by atoms with E-state index in [1.165, 1.54) is 0 Å². The van der Waals surface area contributed by atoms with Crippen LogP contribution < -0.4 is 24.3 Å². The van der Waals surface area contributed by atoms with E-state index in [4.69, 9.17) is 18.9 Å². The molecule has 1 heterocycles. The zero-order valence-corrected chi connectivity index (χ0v) is 17.5. The van der Waals surface area contributed by atoms with Gasteiger partial charge >= 0.3 is 0 Å². The Kier molecular flexibility index (Phi) is 8.65. The zero-order valence-electron chi connectivity index (χ0n) is 17.5. The third-order valence-electron chi connectivity index (χ3n) is 4.29. The first-order chi connectivity index (χ1) is 13.6. The maximum atomic E-state index is 5.93. The fraction of sp³-hybridized carbons (Fsp3) is 0.524.